The van der Waals surface area contributed by atoms with Gasteiger partial charge in [0.1, 0.15) is 16.9 Å². The zero-order valence-corrected chi connectivity index (χ0v) is 17.4. The number of phenols is 1. The lowest BCUT2D eigenvalue weighted by atomic mass is 9.44. The van der Waals surface area contributed by atoms with Crippen LogP contribution < -0.4 is 0 Å². The average molecular weight is 371 g/mol. The van der Waals surface area contributed by atoms with Crippen molar-refractivity contribution in [3.8, 4) is 5.75 Å². The Bertz CT molecular complexity index is 787. The van der Waals surface area contributed by atoms with Gasteiger partial charge in [-0.15, -0.1) is 0 Å². The minimum atomic E-state index is -0.674. The van der Waals surface area contributed by atoms with Gasteiger partial charge in [-0.25, -0.2) is 0 Å². The fourth-order valence-electron chi connectivity index (χ4n) is 7.90. The second kappa shape index (κ2) is 5.30. The number of quaternary nitrogens is 1. The molecule has 2 bridgehead atoms. The van der Waals surface area contributed by atoms with E-state index in [1.807, 2.05) is 12.1 Å². The van der Waals surface area contributed by atoms with Crippen molar-refractivity contribution in [1.82, 2.24) is 0 Å². The van der Waals surface area contributed by atoms with E-state index in [1.54, 1.807) is 0 Å². The molecule has 0 amide bonds. The molecular weight excluding hydrogens is 334 g/mol. The summed E-state index contributed by atoms with van der Waals surface area (Å²) in [6, 6.07) is 5.97. The Morgan fingerprint density at radius 2 is 1.74 bits per heavy atom. The quantitative estimate of drug-likeness (QED) is 0.763. The highest BCUT2D eigenvalue weighted by Gasteiger charge is 2.74. The molecule has 3 heteroatoms. The van der Waals surface area contributed by atoms with Gasteiger partial charge in [-0.1, -0.05) is 32.3 Å². The van der Waals surface area contributed by atoms with Gasteiger partial charge < -0.3 is 14.7 Å². The predicted molar refractivity (Wildman–Crippen MR) is 108 cm³/mol. The van der Waals surface area contributed by atoms with Gasteiger partial charge >= 0.3 is 0 Å². The number of aromatic hydroxyl groups is 1. The molecule has 1 aliphatic heterocycles. The number of phenolic OH excluding ortho intramolecular Hbond substituents is 1. The first-order valence-corrected chi connectivity index (χ1v) is 11.1. The van der Waals surface area contributed by atoms with Crippen LogP contribution in [0.15, 0.2) is 18.2 Å². The minimum absolute atomic E-state index is 0.158. The van der Waals surface area contributed by atoms with E-state index in [0.717, 1.165) is 43.1 Å². The Labute approximate surface area is 164 Å². The first kappa shape index (κ1) is 18.0. The number of hydrogen-bond acceptors (Lipinski definition) is 2. The number of aliphatic hydroxyl groups is 1. The van der Waals surface area contributed by atoms with Crippen LogP contribution in [0.3, 0.4) is 0 Å². The van der Waals surface area contributed by atoms with E-state index in [-0.39, 0.29) is 11.0 Å². The fraction of sp³-hybridized carbons (Fsp3) is 0.750. The monoisotopic (exact) mass is 370 g/mol. The van der Waals surface area contributed by atoms with Crippen molar-refractivity contribution < 1.29 is 14.7 Å². The molecule has 4 unspecified atom stereocenters. The molecule has 4 atom stereocenters. The Hall–Kier alpha value is -1.06. The number of piperidine rings is 1. The van der Waals surface area contributed by atoms with E-state index in [2.05, 4.69) is 27.0 Å². The highest BCUT2D eigenvalue weighted by molar-refractivity contribution is 5.48. The summed E-state index contributed by atoms with van der Waals surface area (Å²) in [6.07, 6.45) is 10.3. The van der Waals surface area contributed by atoms with Crippen molar-refractivity contribution in [2.75, 3.05) is 20.1 Å². The molecule has 3 aliphatic carbocycles. The number of rotatable bonds is 2. The van der Waals surface area contributed by atoms with E-state index >= 15 is 0 Å². The summed E-state index contributed by atoms with van der Waals surface area (Å²) < 4.78 is 1.00. The molecule has 0 spiro atoms. The normalized spacial score (nSPS) is 44.7. The topological polar surface area (TPSA) is 40.5 Å². The van der Waals surface area contributed by atoms with Crippen LogP contribution in [-0.4, -0.2) is 46.0 Å². The molecule has 1 aromatic rings. The van der Waals surface area contributed by atoms with Crippen LogP contribution in [-0.2, 0) is 11.8 Å². The molecule has 148 valence electrons. The minimum Gasteiger partial charge on any atom is -0.508 e. The lowest BCUT2D eigenvalue weighted by molar-refractivity contribution is -0.980. The molecule has 3 fully saturated rings. The maximum absolute atomic E-state index is 12.5. The van der Waals surface area contributed by atoms with Crippen molar-refractivity contribution >= 4 is 0 Å². The SMILES string of the molecule is CC1(C[N+]2(C)CCC34CCCCC3(O)C2(C)Cc2ccc(O)cc24)CCC1. The third-order valence-electron chi connectivity index (χ3n) is 9.73. The van der Waals surface area contributed by atoms with Crippen molar-refractivity contribution in [1.29, 1.82) is 0 Å². The van der Waals surface area contributed by atoms with E-state index in [1.165, 1.54) is 43.4 Å². The summed E-state index contributed by atoms with van der Waals surface area (Å²) in [4.78, 5) is 0. The summed E-state index contributed by atoms with van der Waals surface area (Å²) in [6.45, 7) is 7.19. The lowest BCUT2D eigenvalue weighted by Gasteiger charge is -2.71. The second-order valence-corrected chi connectivity index (χ2v) is 11.1. The molecule has 27 heavy (non-hydrogen) atoms. The van der Waals surface area contributed by atoms with Crippen LogP contribution in [0, 0.1) is 5.41 Å². The van der Waals surface area contributed by atoms with Gasteiger partial charge in [0.25, 0.3) is 0 Å². The Balaban J connectivity index is 1.69. The fourth-order valence-corrected chi connectivity index (χ4v) is 7.90. The number of likely N-dealkylation sites (tertiary alicyclic amines) is 1. The standard InChI is InChI=1S/C24H35NO2/c1-21(9-6-10-21)17-25(3)14-13-23-11-4-5-12-24(23,27)22(25,2)16-18-7-8-19(26)15-20(18)23/h7-8,15,27H,4-6,9-14,16-17H2,1-3H3/p+1. The number of benzene rings is 1. The molecule has 1 heterocycles. The Morgan fingerprint density at radius 3 is 2.44 bits per heavy atom. The molecule has 2 saturated carbocycles. The van der Waals surface area contributed by atoms with Crippen molar-refractivity contribution in [3.63, 3.8) is 0 Å². The highest BCUT2D eigenvalue weighted by atomic mass is 16.3. The summed E-state index contributed by atoms with van der Waals surface area (Å²) in [5, 5.41) is 22.7. The maximum Gasteiger partial charge on any atom is 0.130 e. The van der Waals surface area contributed by atoms with Crippen molar-refractivity contribution in [2.45, 2.75) is 88.2 Å². The molecule has 1 saturated heterocycles. The summed E-state index contributed by atoms with van der Waals surface area (Å²) in [5.41, 5.74) is 2.05. The molecule has 4 aliphatic rings. The van der Waals surface area contributed by atoms with Gasteiger partial charge in [0.15, 0.2) is 0 Å². The van der Waals surface area contributed by atoms with Gasteiger partial charge in [0.05, 0.1) is 20.1 Å². The number of hydrogen-bond donors (Lipinski definition) is 2. The molecular formula is C24H36NO2+. The largest absolute Gasteiger partial charge is 0.508 e. The first-order valence-electron chi connectivity index (χ1n) is 11.1. The van der Waals surface area contributed by atoms with Crippen LogP contribution in [0.5, 0.6) is 5.75 Å². The zero-order chi connectivity index (χ0) is 19.1. The van der Waals surface area contributed by atoms with Crippen molar-refractivity contribution in [2.24, 2.45) is 5.41 Å². The van der Waals surface area contributed by atoms with Crippen LogP contribution in [0.4, 0.5) is 0 Å². The van der Waals surface area contributed by atoms with E-state index < -0.39 is 5.60 Å². The summed E-state index contributed by atoms with van der Waals surface area (Å²) in [7, 11) is 2.44. The smallest absolute Gasteiger partial charge is 0.130 e. The van der Waals surface area contributed by atoms with Gasteiger partial charge in [-0.2, -0.15) is 0 Å². The van der Waals surface area contributed by atoms with Crippen LogP contribution in [0.1, 0.15) is 76.3 Å². The van der Waals surface area contributed by atoms with Gasteiger partial charge in [-0.05, 0) is 55.9 Å². The summed E-state index contributed by atoms with van der Waals surface area (Å²) >= 11 is 0. The van der Waals surface area contributed by atoms with E-state index in [0.29, 0.717) is 11.2 Å². The molecule has 0 aromatic heterocycles. The lowest BCUT2D eigenvalue weighted by Crippen LogP contribution is -2.84. The van der Waals surface area contributed by atoms with Crippen LogP contribution in [0.25, 0.3) is 0 Å². The third-order valence-corrected chi connectivity index (χ3v) is 9.73. The van der Waals surface area contributed by atoms with Crippen molar-refractivity contribution in [3.05, 3.63) is 29.3 Å². The third kappa shape index (κ3) is 2.05. The van der Waals surface area contributed by atoms with Gasteiger partial charge in [-0.3, -0.25) is 0 Å². The molecule has 0 radical (unpaired) electrons. The zero-order valence-electron chi connectivity index (χ0n) is 17.4. The highest BCUT2D eigenvalue weighted by Crippen LogP contribution is 2.64. The Kier molecular flexibility index (Phi) is 3.53. The van der Waals surface area contributed by atoms with E-state index in [9.17, 15) is 10.2 Å². The maximum atomic E-state index is 12.5. The number of likely N-dealkylation sites (N-methyl/N-ethyl adjacent to an activating group) is 1. The summed E-state index contributed by atoms with van der Waals surface area (Å²) in [5.74, 6) is 0.351. The van der Waals surface area contributed by atoms with Gasteiger partial charge in [0.2, 0.25) is 0 Å². The molecule has 2 N–H and O–H groups in total. The van der Waals surface area contributed by atoms with Gasteiger partial charge in [0, 0.05) is 23.7 Å². The molecule has 1 aromatic carbocycles. The Morgan fingerprint density at radius 1 is 1.00 bits per heavy atom. The number of nitrogens with zero attached hydrogens (tertiary/aromatic N) is 1. The predicted octanol–water partition coefficient (Wildman–Crippen LogP) is 4.29. The molecule has 5 rings (SSSR count). The average Bonchev–Trinajstić information content (AvgIpc) is 2.59. The number of fused-ring (bicyclic) bond motifs is 1. The second-order valence-electron chi connectivity index (χ2n) is 11.1. The van der Waals surface area contributed by atoms with Crippen LogP contribution in [0.2, 0.25) is 0 Å². The molecule has 3 nitrogen and oxygen atoms in total. The van der Waals surface area contributed by atoms with Crippen LogP contribution >= 0.6 is 0 Å². The first-order chi connectivity index (χ1) is 12.7. The van der Waals surface area contributed by atoms with E-state index in [4.69, 9.17) is 0 Å².